The summed E-state index contributed by atoms with van der Waals surface area (Å²) in [5.74, 6) is 1.70. The van der Waals surface area contributed by atoms with Gasteiger partial charge in [0.2, 0.25) is 11.8 Å². The van der Waals surface area contributed by atoms with Gasteiger partial charge >= 0.3 is 0 Å². The summed E-state index contributed by atoms with van der Waals surface area (Å²) in [7, 11) is 1.60. The second kappa shape index (κ2) is 5.70. The molecule has 0 atom stereocenters. The van der Waals surface area contributed by atoms with E-state index in [4.69, 9.17) is 10.5 Å². The number of aromatic nitrogens is 2. The van der Waals surface area contributed by atoms with Crippen LogP contribution in [-0.2, 0) is 0 Å². The molecule has 0 radical (unpaired) electrons. The Hall–Kier alpha value is -1.52. The van der Waals surface area contributed by atoms with Gasteiger partial charge in [-0.05, 0) is 12.8 Å². The van der Waals surface area contributed by atoms with Crippen LogP contribution in [0.25, 0.3) is 0 Å². The van der Waals surface area contributed by atoms with Crippen molar-refractivity contribution in [1.29, 1.82) is 0 Å². The van der Waals surface area contributed by atoms with Gasteiger partial charge < -0.3 is 15.4 Å². The van der Waals surface area contributed by atoms with Crippen LogP contribution in [0.5, 0.6) is 5.88 Å². The quantitative estimate of drug-likeness (QED) is 0.848. The maximum absolute atomic E-state index is 5.68. The molecular weight excluding hydrogens is 216 g/mol. The minimum Gasteiger partial charge on any atom is -0.481 e. The van der Waals surface area contributed by atoms with Crippen LogP contribution in [0.3, 0.4) is 0 Å². The number of anilines is 2. The second-order valence-electron chi connectivity index (χ2n) is 4.38. The molecule has 5 nitrogen and oxygen atoms in total. The number of hydrogen-bond donors (Lipinski definition) is 1. The summed E-state index contributed by atoms with van der Waals surface area (Å²) in [6, 6.07) is 1.86. The van der Waals surface area contributed by atoms with Crippen LogP contribution in [0.1, 0.15) is 32.1 Å². The molecule has 1 fully saturated rings. The first kappa shape index (κ1) is 12.0. The van der Waals surface area contributed by atoms with E-state index in [1.807, 2.05) is 6.07 Å². The number of nitrogens with zero attached hydrogens (tertiary/aromatic N) is 3. The van der Waals surface area contributed by atoms with E-state index in [-0.39, 0.29) is 5.95 Å². The molecular formula is C12H20N4O. The van der Waals surface area contributed by atoms with Crippen LogP contribution in [0.2, 0.25) is 0 Å². The van der Waals surface area contributed by atoms with Gasteiger partial charge in [0.1, 0.15) is 5.82 Å². The molecule has 0 unspecified atom stereocenters. The summed E-state index contributed by atoms with van der Waals surface area (Å²) >= 11 is 0. The van der Waals surface area contributed by atoms with Crippen LogP contribution < -0.4 is 15.4 Å². The predicted molar refractivity (Wildman–Crippen MR) is 68.3 cm³/mol. The SMILES string of the molecule is COc1cc(N2CCCCCCC2)nc(N)n1. The number of ether oxygens (including phenoxy) is 1. The number of nitrogens with two attached hydrogens (primary N) is 1. The van der Waals surface area contributed by atoms with Gasteiger partial charge in [0.25, 0.3) is 0 Å². The van der Waals surface area contributed by atoms with Gasteiger partial charge in [-0.1, -0.05) is 19.3 Å². The molecule has 1 aromatic heterocycles. The third-order valence-corrected chi connectivity index (χ3v) is 3.10. The first-order valence-electron chi connectivity index (χ1n) is 6.23. The molecule has 0 bridgehead atoms. The molecule has 0 spiro atoms. The average Bonchev–Trinajstić information content (AvgIpc) is 2.27. The Balaban J connectivity index is 2.15. The third-order valence-electron chi connectivity index (χ3n) is 3.10. The molecule has 1 saturated heterocycles. The van der Waals surface area contributed by atoms with Crippen molar-refractivity contribution in [2.24, 2.45) is 0 Å². The highest BCUT2D eigenvalue weighted by Gasteiger charge is 2.12. The Morgan fingerprint density at radius 2 is 1.76 bits per heavy atom. The predicted octanol–water partition coefficient (Wildman–Crippen LogP) is 1.84. The van der Waals surface area contributed by atoms with Crippen LogP contribution in [0.4, 0.5) is 11.8 Å². The van der Waals surface area contributed by atoms with E-state index in [9.17, 15) is 0 Å². The zero-order valence-corrected chi connectivity index (χ0v) is 10.4. The monoisotopic (exact) mass is 236 g/mol. The van der Waals surface area contributed by atoms with Gasteiger partial charge in [-0.2, -0.15) is 9.97 Å². The smallest absolute Gasteiger partial charge is 0.225 e. The number of methoxy groups -OCH3 is 1. The largest absolute Gasteiger partial charge is 0.481 e. The van der Waals surface area contributed by atoms with E-state index < -0.39 is 0 Å². The molecule has 2 N–H and O–H groups in total. The van der Waals surface area contributed by atoms with Crippen molar-refractivity contribution in [2.75, 3.05) is 30.8 Å². The Bertz CT molecular complexity index is 362. The topological polar surface area (TPSA) is 64.3 Å². The molecule has 0 aliphatic carbocycles. The average molecular weight is 236 g/mol. The molecule has 1 aromatic rings. The number of rotatable bonds is 2. The van der Waals surface area contributed by atoms with Crippen molar-refractivity contribution < 1.29 is 4.74 Å². The maximum Gasteiger partial charge on any atom is 0.225 e. The lowest BCUT2D eigenvalue weighted by atomic mass is 10.1. The summed E-state index contributed by atoms with van der Waals surface area (Å²) in [4.78, 5) is 10.6. The fourth-order valence-electron chi connectivity index (χ4n) is 2.17. The Morgan fingerprint density at radius 3 is 2.41 bits per heavy atom. The van der Waals surface area contributed by atoms with E-state index in [0.717, 1.165) is 18.9 Å². The second-order valence-corrected chi connectivity index (χ2v) is 4.38. The highest BCUT2D eigenvalue weighted by Crippen LogP contribution is 2.21. The van der Waals surface area contributed by atoms with Crippen molar-refractivity contribution in [3.63, 3.8) is 0 Å². The Kier molecular flexibility index (Phi) is 4.01. The zero-order chi connectivity index (χ0) is 12.1. The van der Waals surface area contributed by atoms with E-state index >= 15 is 0 Å². The van der Waals surface area contributed by atoms with Crippen LogP contribution >= 0.6 is 0 Å². The minimum absolute atomic E-state index is 0.279. The van der Waals surface area contributed by atoms with Crippen molar-refractivity contribution in [2.45, 2.75) is 32.1 Å². The molecule has 1 aliphatic rings. The van der Waals surface area contributed by atoms with E-state index in [0.29, 0.717) is 5.88 Å². The standard InChI is InChI=1S/C12H20N4O/c1-17-11-9-10(14-12(13)15-11)16-7-5-3-2-4-6-8-16/h9H,2-8H2,1H3,(H2,13,14,15). The fourth-order valence-corrected chi connectivity index (χ4v) is 2.17. The van der Waals surface area contributed by atoms with Gasteiger partial charge in [-0.3, -0.25) is 0 Å². The van der Waals surface area contributed by atoms with Gasteiger partial charge in [-0.15, -0.1) is 0 Å². The molecule has 1 aliphatic heterocycles. The highest BCUT2D eigenvalue weighted by atomic mass is 16.5. The minimum atomic E-state index is 0.279. The van der Waals surface area contributed by atoms with Crippen LogP contribution in [0.15, 0.2) is 6.07 Å². The molecule has 2 rings (SSSR count). The Morgan fingerprint density at radius 1 is 1.12 bits per heavy atom. The molecule has 0 saturated carbocycles. The van der Waals surface area contributed by atoms with E-state index in [1.54, 1.807) is 7.11 Å². The summed E-state index contributed by atoms with van der Waals surface area (Å²) in [5.41, 5.74) is 5.68. The van der Waals surface area contributed by atoms with Crippen molar-refractivity contribution in [3.05, 3.63) is 6.07 Å². The molecule has 2 heterocycles. The summed E-state index contributed by atoms with van der Waals surface area (Å²) in [5, 5.41) is 0. The summed E-state index contributed by atoms with van der Waals surface area (Å²) in [6.07, 6.45) is 6.38. The van der Waals surface area contributed by atoms with Crippen molar-refractivity contribution in [1.82, 2.24) is 9.97 Å². The third kappa shape index (κ3) is 3.22. The van der Waals surface area contributed by atoms with E-state index in [2.05, 4.69) is 14.9 Å². The van der Waals surface area contributed by atoms with E-state index in [1.165, 1.54) is 32.1 Å². The first-order valence-corrected chi connectivity index (χ1v) is 6.23. The van der Waals surface area contributed by atoms with Crippen molar-refractivity contribution in [3.8, 4) is 5.88 Å². The first-order chi connectivity index (χ1) is 8.29. The fraction of sp³-hybridized carbons (Fsp3) is 0.667. The lowest BCUT2D eigenvalue weighted by Gasteiger charge is -2.25. The maximum atomic E-state index is 5.68. The lowest BCUT2D eigenvalue weighted by molar-refractivity contribution is 0.397. The zero-order valence-electron chi connectivity index (χ0n) is 10.4. The normalized spacial score (nSPS) is 17.4. The highest BCUT2D eigenvalue weighted by molar-refractivity contribution is 5.45. The molecule has 5 heteroatoms. The Labute approximate surface area is 102 Å². The lowest BCUT2D eigenvalue weighted by Crippen LogP contribution is -2.28. The molecule has 0 amide bonds. The molecule has 94 valence electrons. The van der Waals surface area contributed by atoms with Gasteiger partial charge in [0, 0.05) is 19.2 Å². The number of nitrogen functional groups attached to an aromatic ring is 1. The summed E-state index contributed by atoms with van der Waals surface area (Å²) in [6.45, 7) is 2.08. The number of hydrogen-bond acceptors (Lipinski definition) is 5. The van der Waals surface area contributed by atoms with Crippen molar-refractivity contribution >= 4 is 11.8 Å². The van der Waals surface area contributed by atoms with Gasteiger partial charge in [0.15, 0.2) is 0 Å². The van der Waals surface area contributed by atoms with Crippen LogP contribution in [0, 0.1) is 0 Å². The summed E-state index contributed by atoms with van der Waals surface area (Å²) < 4.78 is 5.12. The molecule has 0 aromatic carbocycles. The van der Waals surface area contributed by atoms with Gasteiger partial charge in [0.05, 0.1) is 7.11 Å². The van der Waals surface area contributed by atoms with Gasteiger partial charge in [-0.25, -0.2) is 0 Å². The van der Waals surface area contributed by atoms with Crippen LogP contribution in [-0.4, -0.2) is 30.2 Å². The molecule has 17 heavy (non-hydrogen) atoms.